The zero-order valence-corrected chi connectivity index (χ0v) is 9.86. The monoisotopic (exact) mass is 234 g/mol. The van der Waals surface area contributed by atoms with Crippen molar-refractivity contribution in [3.8, 4) is 5.75 Å². The molecule has 1 aromatic rings. The van der Waals surface area contributed by atoms with E-state index in [1.807, 2.05) is 25.1 Å². The Morgan fingerprint density at radius 1 is 1.24 bits per heavy atom. The van der Waals surface area contributed by atoms with Gasteiger partial charge in [-0.1, -0.05) is 18.2 Å². The Balaban J connectivity index is 2.36. The quantitative estimate of drug-likeness (QED) is 0.579. The number of rotatable bonds is 2. The normalized spacial score (nSPS) is 16.8. The van der Waals surface area contributed by atoms with Crippen LogP contribution in [0.2, 0.25) is 0 Å². The second kappa shape index (κ2) is 4.57. The molecule has 1 aromatic carbocycles. The van der Waals surface area contributed by atoms with E-state index in [2.05, 4.69) is 4.74 Å². The van der Waals surface area contributed by atoms with Gasteiger partial charge >= 0.3 is 11.9 Å². The van der Waals surface area contributed by atoms with Gasteiger partial charge in [0.25, 0.3) is 0 Å². The van der Waals surface area contributed by atoms with Crippen LogP contribution >= 0.6 is 0 Å². The van der Waals surface area contributed by atoms with Gasteiger partial charge in [-0.15, -0.1) is 0 Å². The summed E-state index contributed by atoms with van der Waals surface area (Å²) in [6.07, 6.45) is 0.455. The molecule has 0 bridgehead atoms. The van der Waals surface area contributed by atoms with E-state index >= 15 is 0 Å². The molecule has 0 N–H and O–H groups in total. The smallest absolute Gasteiger partial charge is 0.314 e. The highest BCUT2D eigenvalue weighted by molar-refractivity contribution is 5.89. The molecule has 0 atom stereocenters. The first kappa shape index (κ1) is 11.6. The molecule has 0 aromatic heterocycles. The topological polar surface area (TPSA) is 52.6 Å². The van der Waals surface area contributed by atoms with Gasteiger partial charge in [0, 0.05) is 5.92 Å². The fourth-order valence-electron chi connectivity index (χ4n) is 2.18. The predicted molar refractivity (Wildman–Crippen MR) is 60.8 cm³/mol. The summed E-state index contributed by atoms with van der Waals surface area (Å²) in [5.74, 6) is -0.316. The third-order valence-corrected chi connectivity index (χ3v) is 2.94. The highest BCUT2D eigenvalue weighted by Gasteiger charge is 2.30. The summed E-state index contributed by atoms with van der Waals surface area (Å²) in [5.41, 5.74) is 1.90. The fraction of sp³-hybridized carbons (Fsp3) is 0.385. The Morgan fingerprint density at radius 3 is 2.47 bits per heavy atom. The number of methoxy groups -OCH3 is 1. The Bertz CT molecular complexity index is 448. The summed E-state index contributed by atoms with van der Waals surface area (Å²) in [6.45, 7) is 1.94. The second-order valence-corrected chi connectivity index (χ2v) is 4.15. The lowest BCUT2D eigenvalue weighted by molar-refractivity contribution is -0.163. The third kappa shape index (κ3) is 2.30. The molecule has 0 spiro atoms. The van der Waals surface area contributed by atoms with Crippen LogP contribution in [-0.4, -0.2) is 19.0 Å². The van der Waals surface area contributed by atoms with Crippen molar-refractivity contribution in [2.24, 2.45) is 0 Å². The first-order valence-corrected chi connectivity index (χ1v) is 5.49. The fourth-order valence-corrected chi connectivity index (χ4v) is 2.18. The Kier molecular flexibility index (Phi) is 3.13. The van der Waals surface area contributed by atoms with Gasteiger partial charge in [-0.25, -0.2) is 0 Å². The molecule has 0 radical (unpaired) electrons. The van der Waals surface area contributed by atoms with Crippen LogP contribution in [0.25, 0.3) is 0 Å². The lowest BCUT2D eigenvalue weighted by atomic mass is 9.89. The molecule has 0 unspecified atom stereocenters. The van der Waals surface area contributed by atoms with Crippen molar-refractivity contribution in [1.29, 1.82) is 0 Å². The average molecular weight is 234 g/mol. The molecule has 1 saturated heterocycles. The SMILES string of the molecule is COc1c(C)cccc1C1CC(=O)OC(=O)C1. The van der Waals surface area contributed by atoms with E-state index in [0.717, 1.165) is 16.9 Å². The van der Waals surface area contributed by atoms with Gasteiger partial charge in [-0.3, -0.25) is 9.59 Å². The molecular formula is C13H14O4. The molecule has 1 aliphatic heterocycles. The van der Waals surface area contributed by atoms with E-state index in [4.69, 9.17) is 4.74 Å². The van der Waals surface area contributed by atoms with Crippen LogP contribution in [0.3, 0.4) is 0 Å². The van der Waals surface area contributed by atoms with Gasteiger partial charge in [0.05, 0.1) is 20.0 Å². The second-order valence-electron chi connectivity index (χ2n) is 4.15. The van der Waals surface area contributed by atoms with E-state index < -0.39 is 11.9 Å². The highest BCUT2D eigenvalue weighted by Crippen LogP contribution is 2.36. The lowest BCUT2D eigenvalue weighted by Gasteiger charge is -2.22. The molecule has 0 amide bonds. The van der Waals surface area contributed by atoms with Crippen molar-refractivity contribution in [1.82, 2.24) is 0 Å². The number of hydrogen-bond donors (Lipinski definition) is 0. The van der Waals surface area contributed by atoms with Crippen molar-refractivity contribution in [2.45, 2.75) is 25.7 Å². The number of benzene rings is 1. The van der Waals surface area contributed by atoms with Gasteiger partial charge in [0.1, 0.15) is 5.75 Å². The van der Waals surface area contributed by atoms with Crippen molar-refractivity contribution in [3.63, 3.8) is 0 Å². The van der Waals surface area contributed by atoms with Crippen molar-refractivity contribution in [2.75, 3.05) is 7.11 Å². The van der Waals surface area contributed by atoms with Crippen LogP contribution in [0.15, 0.2) is 18.2 Å². The first-order valence-electron chi connectivity index (χ1n) is 5.49. The largest absolute Gasteiger partial charge is 0.496 e. The van der Waals surface area contributed by atoms with Gasteiger partial charge in [-0.2, -0.15) is 0 Å². The molecule has 1 aliphatic rings. The standard InChI is InChI=1S/C13H14O4/c1-8-4-3-5-10(13(8)16-2)9-6-11(14)17-12(15)7-9/h3-5,9H,6-7H2,1-2H3. The van der Waals surface area contributed by atoms with Crippen LogP contribution in [0.5, 0.6) is 5.75 Å². The molecule has 1 fully saturated rings. The molecule has 2 rings (SSSR count). The summed E-state index contributed by atoms with van der Waals surface area (Å²) in [6, 6.07) is 5.73. The number of carbonyl (C=O) groups is 2. The lowest BCUT2D eigenvalue weighted by Crippen LogP contribution is -2.24. The highest BCUT2D eigenvalue weighted by atomic mass is 16.6. The van der Waals surface area contributed by atoms with Crippen LogP contribution in [0.4, 0.5) is 0 Å². The molecule has 90 valence electrons. The summed E-state index contributed by atoms with van der Waals surface area (Å²) < 4.78 is 9.86. The van der Waals surface area contributed by atoms with E-state index in [0.29, 0.717) is 0 Å². The number of ether oxygens (including phenoxy) is 2. The van der Waals surface area contributed by atoms with Crippen molar-refractivity contribution in [3.05, 3.63) is 29.3 Å². The van der Waals surface area contributed by atoms with Gasteiger partial charge in [0.15, 0.2) is 0 Å². The first-order chi connectivity index (χ1) is 8.11. The van der Waals surface area contributed by atoms with Crippen molar-refractivity contribution < 1.29 is 19.1 Å². The van der Waals surface area contributed by atoms with Crippen LogP contribution in [0.1, 0.15) is 29.9 Å². The maximum atomic E-state index is 11.3. The predicted octanol–water partition coefficient (Wildman–Crippen LogP) is 1.95. The van der Waals surface area contributed by atoms with Crippen LogP contribution in [0, 0.1) is 6.92 Å². The minimum atomic E-state index is -0.463. The molecule has 17 heavy (non-hydrogen) atoms. The minimum absolute atomic E-state index is 0.140. The van der Waals surface area contributed by atoms with Gasteiger partial charge in [0.2, 0.25) is 0 Å². The van der Waals surface area contributed by atoms with E-state index in [1.165, 1.54) is 0 Å². The maximum absolute atomic E-state index is 11.3. The Morgan fingerprint density at radius 2 is 1.88 bits per heavy atom. The molecule has 1 heterocycles. The van der Waals surface area contributed by atoms with Gasteiger partial charge in [-0.05, 0) is 18.1 Å². The summed E-state index contributed by atoms with van der Waals surface area (Å²) in [4.78, 5) is 22.5. The van der Waals surface area contributed by atoms with Crippen LogP contribution < -0.4 is 4.74 Å². The molecule has 0 aliphatic carbocycles. The number of cyclic esters (lactones) is 2. The third-order valence-electron chi connectivity index (χ3n) is 2.94. The molecule has 4 heteroatoms. The van der Waals surface area contributed by atoms with E-state index in [1.54, 1.807) is 7.11 Å². The van der Waals surface area contributed by atoms with E-state index in [9.17, 15) is 9.59 Å². The summed E-state index contributed by atoms with van der Waals surface area (Å²) >= 11 is 0. The Labute approximate surface area is 99.5 Å². The molecular weight excluding hydrogens is 220 g/mol. The van der Waals surface area contributed by atoms with Gasteiger partial charge < -0.3 is 9.47 Å². The minimum Gasteiger partial charge on any atom is -0.496 e. The number of esters is 2. The zero-order chi connectivity index (χ0) is 12.4. The molecule has 4 nitrogen and oxygen atoms in total. The molecule has 0 saturated carbocycles. The van der Waals surface area contributed by atoms with Crippen molar-refractivity contribution >= 4 is 11.9 Å². The summed E-state index contributed by atoms with van der Waals surface area (Å²) in [7, 11) is 1.59. The number of carbonyl (C=O) groups excluding carboxylic acids is 2. The zero-order valence-electron chi connectivity index (χ0n) is 9.86. The Hall–Kier alpha value is -1.84. The number of hydrogen-bond acceptors (Lipinski definition) is 4. The summed E-state index contributed by atoms with van der Waals surface area (Å²) in [5, 5.41) is 0. The average Bonchev–Trinajstić information content (AvgIpc) is 2.27. The maximum Gasteiger partial charge on any atom is 0.314 e. The van der Waals surface area contributed by atoms with E-state index in [-0.39, 0.29) is 18.8 Å². The van der Waals surface area contributed by atoms with Crippen LogP contribution in [-0.2, 0) is 14.3 Å². The number of para-hydroxylation sites is 1. The number of aryl methyl sites for hydroxylation is 1.